The molecule has 0 amide bonds. The Morgan fingerprint density at radius 2 is 1.76 bits per heavy atom. The first-order valence-electron chi connectivity index (χ1n) is 8.23. The number of benzene rings is 1. The van der Waals surface area contributed by atoms with Gasteiger partial charge in [0, 0.05) is 18.8 Å². The van der Waals surface area contributed by atoms with E-state index in [2.05, 4.69) is 36.9 Å². The minimum Gasteiger partial charge on any atom is -0.481 e. The molecule has 0 spiro atoms. The van der Waals surface area contributed by atoms with Gasteiger partial charge in [-0.3, -0.25) is 4.79 Å². The molecule has 1 aromatic rings. The Kier molecular flexibility index (Phi) is 8.56. The number of aliphatic carboxylic acids is 1. The van der Waals surface area contributed by atoms with Crippen LogP contribution in [0.5, 0.6) is 0 Å². The van der Waals surface area contributed by atoms with Crippen molar-refractivity contribution in [2.75, 3.05) is 18.0 Å². The minimum absolute atomic E-state index is 0.201. The monoisotopic (exact) mass is 291 g/mol. The molecule has 21 heavy (non-hydrogen) atoms. The van der Waals surface area contributed by atoms with Gasteiger partial charge in [-0.25, -0.2) is 0 Å². The van der Waals surface area contributed by atoms with E-state index in [0.29, 0.717) is 6.54 Å². The molecule has 0 aliphatic rings. The molecule has 0 heterocycles. The fourth-order valence-corrected chi connectivity index (χ4v) is 2.61. The van der Waals surface area contributed by atoms with Crippen molar-refractivity contribution in [1.29, 1.82) is 0 Å². The Labute approximate surface area is 129 Å². The number of carboxylic acids is 1. The minimum atomic E-state index is -0.722. The lowest BCUT2D eigenvalue weighted by atomic mass is 10.1. The Balaban J connectivity index is 2.64. The number of carbonyl (C=O) groups is 1. The molecule has 1 rings (SSSR count). The van der Waals surface area contributed by atoms with Crippen LogP contribution in [0.25, 0.3) is 0 Å². The van der Waals surface area contributed by atoms with Crippen molar-refractivity contribution in [2.24, 2.45) is 0 Å². The van der Waals surface area contributed by atoms with E-state index in [1.54, 1.807) is 0 Å². The molecule has 0 unspecified atom stereocenters. The maximum absolute atomic E-state index is 10.9. The average molecular weight is 291 g/mol. The maximum Gasteiger partial charge on any atom is 0.305 e. The molecule has 0 aliphatic heterocycles. The third-order valence-electron chi connectivity index (χ3n) is 3.84. The molecule has 118 valence electrons. The van der Waals surface area contributed by atoms with E-state index in [9.17, 15) is 4.79 Å². The standard InChI is InChI=1S/C18H29NO2/c1-3-5-6-7-10-14-19(15-13-18(20)21)17-12-9-8-11-16(17)4-2/h8-9,11-12H,3-7,10,13-15H2,1-2H3,(H,20,21). The zero-order valence-corrected chi connectivity index (χ0v) is 13.5. The molecule has 0 atom stereocenters. The smallest absolute Gasteiger partial charge is 0.305 e. The lowest BCUT2D eigenvalue weighted by Gasteiger charge is -2.26. The number of hydrogen-bond acceptors (Lipinski definition) is 2. The molecule has 0 saturated carbocycles. The van der Waals surface area contributed by atoms with Crippen LogP contribution in [0.1, 0.15) is 57.9 Å². The fraction of sp³-hybridized carbons (Fsp3) is 0.611. The SMILES string of the molecule is CCCCCCCN(CCC(=O)O)c1ccccc1CC. The third kappa shape index (κ3) is 6.65. The van der Waals surface area contributed by atoms with Gasteiger partial charge in [0.2, 0.25) is 0 Å². The highest BCUT2D eigenvalue weighted by Gasteiger charge is 2.11. The number of aryl methyl sites for hydroxylation is 1. The van der Waals surface area contributed by atoms with E-state index in [4.69, 9.17) is 5.11 Å². The van der Waals surface area contributed by atoms with Gasteiger partial charge in [-0.1, -0.05) is 57.7 Å². The summed E-state index contributed by atoms with van der Waals surface area (Å²) in [6.45, 7) is 5.92. The van der Waals surface area contributed by atoms with Gasteiger partial charge in [-0.2, -0.15) is 0 Å². The highest BCUT2D eigenvalue weighted by atomic mass is 16.4. The number of unbranched alkanes of at least 4 members (excludes halogenated alkanes) is 4. The summed E-state index contributed by atoms with van der Waals surface area (Å²) in [5.74, 6) is -0.722. The van der Waals surface area contributed by atoms with Crippen LogP contribution in [0.15, 0.2) is 24.3 Å². The molecular weight excluding hydrogens is 262 g/mol. The Hall–Kier alpha value is -1.51. The number of para-hydroxylation sites is 1. The number of rotatable bonds is 11. The third-order valence-corrected chi connectivity index (χ3v) is 3.84. The second-order valence-corrected chi connectivity index (χ2v) is 5.53. The van der Waals surface area contributed by atoms with Gasteiger partial charge in [0.25, 0.3) is 0 Å². The normalized spacial score (nSPS) is 10.6. The topological polar surface area (TPSA) is 40.5 Å². The van der Waals surface area contributed by atoms with E-state index in [1.807, 2.05) is 6.07 Å². The number of hydrogen-bond donors (Lipinski definition) is 1. The molecule has 0 bridgehead atoms. The molecule has 0 saturated heterocycles. The van der Waals surface area contributed by atoms with Crippen LogP contribution in [-0.4, -0.2) is 24.2 Å². The van der Waals surface area contributed by atoms with E-state index in [0.717, 1.165) is 19.4 Å². The average Bonchev–Trinajstić information content (AvgIpc) is 2.50. The zero-order chi connectivity index (χ0) is 15.5. The van der Waals surface area contributed by atoms with Crippen molar-refractivity contribution < 1.29 is 9.90 Å². The van der Waals surface area contributed by atoms with Gasteiger partial charge in [0.1, 0.15) is 0 Å². The highest BCUT2D eigenvalue weighted by Crippen LogP contribution is 2.22. The van der Waals surface area contributed by atoms with Crippen LogP contribution in [-0.2, 0) is 11.2 Å². The molecule has 1 N–H and O–H groups in total. The predicted molar refractivity (Wildman–Crippen MR) is 89.0 cm³/mol. The second kappa shape index (κ2) is 10.3. The number of nitrogens with zero attached hydrogens (tertiary/aromatic N) is 1. The molecule has 0 fully saturated rings. The van der Waals surface area contributed by atoms with E-state index in [1.165, 1.54) is 36.9 Å². The van der Waals surface area contributed by atoms with Crippen molar-refractivity contribution in [1.82, 2.24) is 0 Å². The number of carboxylic acid groups (broad SMARTS) is 1. The first-order chi connectivity index (χ1) is 10.2. The van der Waals surface area contributed by atoms with Gasteiger partial charge >= 0.3 is 5.97 Å². The quantitative estimate of drug-likeness (QED) is 0.610. The van der Waals surface area contributed by atoms with Gasteiger partial charge < -0.3 is 10.0 Å². The largest absolute Gasteiger partial charge is 0.481 e. The summed E-state index contributed by atoms with van der Waals surface area (Å²) in [7, 11) is 0. The van der Waals surface area contributed by atoms with E-state index in [-0.39, 0.29) is 6.42 Å². The van der Waals surface area contributed by atoms with Gasteiger partial charge in [-0.05, 0) is 24.5 Å². The summed E-state index contributed by atoms with van der Waals surface area (Å²) >= 11 is 0. The molecular formula is C18H29NO2. The van der Waals surface area contributed by atoms with Gasteiger partial charge in [0.05, 0.1) is 6.42 Å². The van der Waals surface area contributed by atoms with Crippen LogP contribution < -0.4 is 4.90 Å². The van der Waals surface area contributed by atoms with Crippen molar-refractivity contribution in [3.8, 4) is 0 Å². The van der Waals surface area contributed by atoms with Crippen LogP contribution in [0.4, 0.5) is 5.69 Å². The lowest BCUT2D eigenvalue weighted by molar-refractivity contribution is -0.136. The first-order valence-corrected chi connectivity index (χ1v) is 8.23. The fourth-order valence-electron chi connectivity index (χ4n) is 2.61. The highest BCUT2D eigenvalue weighted by molar-refractivity contribution is 5.68. The molecule has 3 heteroatoms. The number of anilines is 1. The van der Waals surface area contributed by atoms with E-state index < -0.39 is 5.97 Å². The van der Waals surface area contributed by atoms with Crippen molar-refractivity contribution >= 4 is 11.7 Å². The van der Waals surface area contributed by atoms with Crippen molar-refractivity contribution in [3.63, 3.8) is 0 Å². The molecule has 0 radical (unpaired) electrons. The Bertz CT molecular complexity index is 417. The molecule has 1 aromatic carbocycles. The summed E-state index contributed by atoms with van der Waals surface area (Å²) in [5, 5.41) is 8.95. The van der Waals surface area contributed by atoms with Crippen LogP contribution >= 0.6 is 0 Å². The lowest BCUT2D eigenvalue weighted by Crippen LogP contribution is -2.28. The Morgan fingerprint density at radius 3 is 2.43 bits per heavy atom. The van der Waals surface area contributed by atoms with Crippen LogP contribution in [0, 0.1) is 0 Å². The summed E-state index contributed by atoms with van der Waals surface area (Å²) < 4.78 is 0. The van der Waals surface area contributed by atoms with Gasteiger partial charge in [-0.15, -0.1) is 0 Å². The molecule has 0 aromatic heterocycles. The molecule has 3 nitrogen and oxygen atoms in total. The summed E-state index contributed by atoms with van der Waals surface area (Å²) in [4.78, 5) is 13.1. The molecule has 0 aliphatic carbocycles. The van der Waals surface area contributed by atoms with Crippen molar-refractivity contribution in [2.45, 2.75) is 58.8 Å². The van der Waals surface area contributed by atoms with Crippen molar-refractivity contribution in [3.05, 3.63) is 29.8 Å². The predicted octanol–water partition coefficient (Wildman–Crippen LogP) is 4.50. The summed E-state index contributed by atoms with van der Waals surface area (Å²) in [5.41, 5.74) is 2.51. The van der Waals surface area contributed by atoms with Crippen LogP contribution in [0.3, 0.4) is 0 Å². The second-order valence-electron chi connectivity index (χ2n) is 5.53. The van der Waals surface area contributed by atoms with E-state index >= 15 is 0 Å². The first kappa shape index (κ1) is 17.5. The van der Waals surface area contributed by atoms with Gasteiger partial charge in [0.15, 0.2) is 0 Å². The van der Waals surface area contributed by atoms with Crippen LogP contribution in [0.2, 0.25) is 0 Å². The summed E-state index contributed by atoms with van der Waals surface area (Å²) in [6, 6.07) is 8.35. The maximum atomic E-state index is 10.9. The Morgan fingerprint density at radius 1 is 1.05 bits per heavy atom. The zero-order valence-electron chi connectivity index (χ0n) is 13.5. The summed E-state index contributed by atoms with van der Waals surface area (Å²) in [6.07, 6.45) is 7.37.